The van der Waals surface area contributed by atoms with E-state index in [9.17, 15) is 4.79 Å². The number of carbonyl (C=O) groups is 1. The van der Waals surface area contributed by atoms with Gasteiger partial charge in [0.25, 0.3) is 5.91 Å². The van der Waals surface area contributed by atoms with Crippen LogP contribution in [0.5, 0.6) is 11.5 Å². The molecule has 1 heterocycles. The van der Waals surface area contributed by atoms with E-state index >= 15 is 0 Å². The summed E-state index contributed by atoms with van der Waals surface area (Å²) in [7, 11) is 1.60. The minimum Gasteiger partial charge on any atom is -0.497 e. The summed E-state index contributed by atoms with van der Waals surface area (Å²) in [6, 6.07) is 22.9. The maximum absolute atomic E-state index is 13.9. The van der Waals surface area contributed by atoms with Crippen LogP contribution >= 0.6 is 0 Å². The number of benzene rings is 3. The lowest BCUT2D eigenvalue weighted by Crippen LogP contribution is -2.47. The van der Waals surface area contributed by atoms with E-state index in [1.807, 2.05) is 79.7 Å². The fourth-order valence-electron chi connectivity index (χ4n) is 4.50. The molecule has 7 heteroatoms. The first kappa shape index (κ1) is 26.9. The van der Waals surface area contributed by atoms with Crippen LogP contribution in [0.3, 0.4) is 0 Å². The van der Waals surface area contributed by atoms with Gasteiger partial charge >= 0.3 is 0 Å². The first-order valence-corrected chi connectivity index (χ1v) is 12.7. The molecule has 0 unspecified atom stereocenters. The molecule has 0 aromatic heterocycles. The van der Waals surface area contributed by atoms with Gasteiger partial charge in [-0.05, 0) is 54.4 Å². The van der Waals surface area contributed by atoms with Crippen molar-refractivity contribution in [2.24, 2.45) is 4.99 Å². The van der Waals surface area contributed by atoms with Crippen LogP contribution in [0.25, 0.3) is 0 Å². The maximum Gasteiger partial charge on any atom is 0.252 e. The molecular formula is C31H34N2O5. The molecule has 3 aromatic carbocycles. The van der Waals surface area contributed by atoms with E-state index in [2.05, 4.69) is 11.9 Å². The average molecular weight is 515 g/mol. The van der Waals surface area contributed by atoms with E-state index in [4.69, 9.17) is 24.3 Å². The molecular weight excluding hydrogens is 480 g/mol. The fourth-order valence-corrected chi connectivity index (χ4v) is 4.50. The van der Waals surface area contributed by atoms with Crippen molar-refractivity contribution in [1.29, 1.82) is 0 Å². The minimum atomic E-state index is -1.26. The zero-order chi connectivity index (χ0) is 27.0. The number of ether oxygens (including phenoxy) is 3. The Morgan fingerprint density at radius 3 is 2.63 bits per heavy atom. The van der Waals surface area contributed by atoms with Crippen LogP contribution in [-0.2, 0) is 16.1 Å². The molecule has 1 aliphatic heterocycles. The zero-order valence-corrected chi connectivity index (χ0v) is 21.9. The van der Waals surface area contributed by atoms with Crippen LogP contribution in [0.2, 0.25) is 0 Å². The molecule has 0 fully saturated rings. The summed E-state index contributed by atoms with van der Waals surface area (Å²) in [5.41, 5.74) is 2.37. The Labute approximate surface area is 223 Å². The molecule has 0 saturated carbocycles. The zero-order valence-electron chi connectivity index (χ0n) is 21.9. The normalized spacial score (nSPS) is 18.3. The molecule has 0 spiro atoms. The number of hydrogen-bond acceptors (Lipinski definition) is 6. The number of aliphatic hydroxyl groups excluding tert-OH is 1. The largest absolute Gasteiger partial charge is 0.497 e. The van der Waals surface area contributed by atoms with Crippen molar-refractivity contribution in [1.82, 2.24) is 5.32 Å². The Balaban J connectivity index is 1.68. The van der Waals surface area contributed by atoms with E-state index in [0.29, 0.717) is 37.0 Å². The Morgan fingerprint density at radius 2 is 1.92 bits per heavy atom. The van der Waals surface area contributed by atoms with Gasteiger partial charge in [-0.15, -0.1) is 6.58 Å². The highest BCUT2D eigenvalue weighted by Crippen LogP contribution is 2.43. The first-order valence-electron chi connectivity index (χ1n) is 12.7. The van der Waals surface area contributed by atoms with Gasteiger partial charge in [-0.2, -0.15) is 0 Å². The third kappa shape index (κ3) is 6.06. The number of aryl methyl sites for hydroxylation is 1. The van der Waals surface area contributed by atoms with E-state index < -0.39 is 11.6 Å². The van der Waals surface area contributed by atoms with Gasteiger partial charge < -0.3 is 24.6 Å². The van der Waals surface area contributed by atoms with Crippen molar-refractivity contribution in [3.05, 3.63) is 108 Å². The summed E-state index contributed by atoms with van der Waals surface area (Å²) in [5.74, 6) is 1.47. The molecule has 7 nitrogen and oxygen atoms in total. The van der Waals surface area contributed by atoms with Gasteiger partial charge in [0, 0.05) is 31.6 Å². The smallest absolute Gasteiger partial charge is 0.252 e. The summed E-state index contributed by atoms with van der Waals surface area (Å²) in [6.07, 6.45) is 1.85. The molecule has 3 aromatic rings. The number of nitrogens with zero attached hydrogens (tertiary/aromatic N) is 1. The molecule has 198 valence electrons. The predicted molar refractivity (Wildman–Crippen MR) is 148 cm³/mol. The Bertz CT molecular complexity index is 1290. The quantitative estimate of drug-likeness (QED) is 0.265. The van der Waals surface area contributed by atoms with E-state index in [-0.39, 0.29) is 18.9 Å². The van der Waals surface area contributed by atoms with Crippen LogP contribution in [0.1, 0.15) is 41.2 Å². The van der Waals surface area contributed by atoms with Crippen molar-refractivity contribution < 1.29 is 24.1 Å². The lowest BCUT2D eigenvalue weighted by Gasteiger charge is -2.30. The van der Waals surface area contributed by atoms with Gasteiger partial charge in [0.15, 0.2) is 11.6 Å². The molecule has 0 saturated heterocycles. The lowest BCUT2D eigenvalue weighted by atomic mass is 9.84. The lowest BCUT2D eigenvalue weighted by molar-refractivity contribution is -0.129. The SMILES string of the molecule is C=CC[C@@]1(C(=O)NCc2cccc(C)c2)N=C(c2ccc(OCCCO)cc2)O[C@@H]1c1cccc(OC)c1. The monoisotopic (exact) mass is 514 g/mol. The highest BCUT2D eigenvalue weighted by molar-refractivity contribution is 6.01. The number of carbonyl (C=O) groups excluding carboxylic acids is 1. The number of nitrogens with one attached hydrogen (secondary N) is 1. The number of aliphatic hydroxyl groups is 1. The highest BCUT2D eigenvalue weighted by atomic mass is 16.5. The average Bonchev–Trinajstić information content (AvgIpc) is 3.33. The second kappa shape index (κ2) is 12.4. The summed E-state index contributed by atoms with van der Waals surface area (Å²) in [6.45, 7) is 6.82. The van der Waals surface area contributed by atoms with Gasteiger partial charge in [0.1, 0.15) is 11.5 Å². The Kier molecular flexibility index (Phi) is 8.81. The van der Waals surface area contributed by atoms with Crippen LogP contribution in [-0.4, -0.2) is 42.8 Å². The van der Waals surface area contributed by atoms with E-state index in [1.54, 1.807) is 13.2 Å². The molecule has 4 rings (SSSR count). The maximum atomic E-state index is 13.9. The summed E-state index contributed by atoms with van der Waals surface area (Å²) in [5, 5.41) is 12.1. The van der Waals surface area contributed by atoms with Crippen LogP contribution in [0.4, 0.5) is 0 Å². The van der Waals surface area contributed by atoms with E-state index in [1.165, 1.54) is 0 Å². The second-order valence-electron chi connectivity index (χ2n) is 9.23. The number of amides is 1. The van der Waals surface area contributed by atoms with Gasteiger partial charge in [0.2, 0.25) is 5.90 Å². The third-order valence-electron chi connectivity index (χ3n) is 6.42. The fraction of sp³-hybridized carbons (Fsp3) is 0.290. The summed E-state index contributed by atoms with van der Waals surface area (Å²) < 4.78 is 17.5. The molecule has 0 radical (unpaired) electrons. The van der Waals surface area contributed by atoms with Crippen molar-refractivity contribution in [2.75, 3.05) is 20.3 Å². The van der Waals surface area contributed by atoms with E-state index in [0.717, 1.165) is 22.3 Å². The standard InChI is InChI=1S/C31H34N2O5/c1-4-16-31(30(35)32-21-23-9-5-8-22(2)19-23)28(25-10-6-11-27(20-25)36-3)38-29(33-31)24-12-14-26(15-13-24)37-18-7-17-34/h4-6,8-15,19-20,28,34H,1,7,16-18,21H2,2-3H3,(H,32,35)/t28-,31-/m1/s1. The minimum absolute atomic E-state index is 0.0751. The topological polar surface area (TPSA) is 89.4 Å². The van der Waals surface area contributed by atoms with Crippen molar-refractivity contribution >= 4 is 11.8 Å². The number of hydrogen-bond donors (Lipinski definition) is 2. The van der Waals surface area contributed by atoms with Crippen molar-refractivity contribution in [2.45, 2.75) is 38.0 Å². The number of aliphatic imine (C=N–C) groups is 1. The number of methoxy groups -OCH3 is 1. The third-order valence-corrected chi connectivity index (χ3v) is 6.42. The molecule has 0 bridgehead atoms. The van der Waals surface area contributed by atoms with Crippen LogP contribution in [0, 0.1) is 6.92 Å². The van der Waals surface area contributed by atoms with Crippen molar-refractivity contribution in [3.8, 4) is 11.5 Å². The molecule has 2 N–H and O–H groups in total. The van der Waals surface area contributed by atoms with Gasteiger partial charge in [0.05, 0.1) is 13.7 Å². The molecule has 38 heavy (non-hydrogen) atoms. The van der Waals surface area contributed by atoms with Gasteiger partial charge in [-0.1, -0.05) is 48.0 Å². The first-order chi connectivity index (χ1) is 18.5. The van der Waals surface area contributed by atoms with Crippen molar-refractivity contribution in [3.63, 3.8) is 0 Å². The molecule has 1 aliphatic rings. The van der Waals surface area contributed by atoms with Gasteiger partial charge in [-0.3, -0.25) is 4.79 Å². The number of rotatable bonds is 12. The Hall–Kier alpha value is -4.10. The predicted octanol–water partition coefficient (Wildman–Crippen LogP) is 4.91. The van der Waals surface area contributed by atoms with Crippen LogP contribution < -0.4 is 14.8 Å². The second-order valence-corrected chi connectivity index (χ2v) is 9.23. The molecule has 0 aliphatic carbocycles. The van der Waals surface area contributed by atoms with Gasteiger partial charge in [-0.25, -0.2) is 4.99 Å². The highest BCUT2D eigenvalue weighted by Gasteiger charge is 2.52. The summed E-state index contributed by atoms with van der Waals surface area (Å²) >= 11 is 0. The Morgan fingerprint density at radius 1 is 1.13 bits per heavy atom. The van der Waals surface area contributed by atoms with Crippen LogP contribution in [0.15, 0.2) is 90.4 Å². The molecule has 2 atom stereocenters. The summed E-state index contributed by atoms with van der Waals surface area (Å²) in [4.78, 5) is 18.8. The molecule has 1 amide bonds.